The zero-order chi connectivity index (χ0) is 10.7. The molecule has 1 aliphatic carbocycles. The SMILES string of the molecule is CC1CCN(C(=O)CNC2CCCC2)C1. The van der Waals surface area contributed by atoms with Crippen molar-refractivity contribution in [2.45, 2.75) is 45.1 Å². The molecule has 3 nitrogen and oxygen atoms in total. The molecule has 2 rings (SSSR count). The molecule has 2 aliphatic rings. The maximum Gasteiger partial charge on any atom is 0.236 e. The van der Waals surface area contributed by atoms with Gasteiger partial charge >= 0.3 is 0 Å². The van der Waals surface area contributed by atoms with Crippen LogP contribution < -0.4 is 5.32 Å². The van der Waals surface area contributed by atoms with E-state index in [0.717, 1.165) is 13.1 Å². The third-order valence-corrected chi connectivity index (χ3v) is 3.67. The van der Waals surface area contributed by atoms with Crippen LogP contribution in [0.3, 0.4) is 0 Å². The minimum absolute atomic E-state index is 0.297. The van der Waals surface area contributed by atoms with Crippen LogP contribution in [0, 0.1) is 5.92 Å². The molecule has 0 bridgehead atoms. The van der Waals surface area contributed by atoms with E-state index in [0.29, 0.717) is 24.4 Å². The van der Waals surface area contributed by atoms with E-state index in [1.54, 1.807) is 0 Å². The van der Waals surface area contributed by atoms with Crippen LogP contribution in [0.25, 0.3) is 0 Å². The van der Waals surface area contributed by atoms with Gasteiger partial charge in [0.1, 0.15) is 0 Å². The summed E-state index contributed by atoms with van der Waals surface area (Å²) in [6, 6.07) is 0.606. The predicted molar refractivity (Wildman–Crippen MR) is 60.6 cm³/mol. The van der Waals surface area contributed by atoms with Gasteiger partial charge in [0.05, 0.1) is 6.54 Å². The fourth-order valence-corrected chi connectivity index (χ4v) is 2.63. The molecule has 1 aliphatic heterocycles. The van der Waals surface area contributed by atoms with Gasteiger partial charge in [-0.1, -0.05) is 19.8 Å². The van der Waals surface area contributed by atoms with Crippen LogP contribution >= 0.6 is 0 Å². The molecule has 1 amide bonds. The maximum absolute atomic E-state index is 11.8. The molecule has 0 radical (unpaired) electrons. The van der Waals surface area contributed by atoms with Crippen LogP contribution in [0.4, 0.5) is 0 Å². The average Bonchev–Trinajstić information content (AvgIpc) is 2.84. The normalized spacial score (nSPS) is 27.5. The summed E-state index contributed by atoms with van der Waals surface area (Å²) in [5, 5.41) is 3.38. The first-order valence-corrected chi connectivity index (χ1v) is 6.27. The van der Waals surface area contributed by atoms with E-state index in [4.69, 9.17) is 0 Å². The summed E-state index contributed by atoms with van der Waals surface area (Å²) in [5.41, 5.74) is 0. The van der Waals surface area contributed by atoms with Gasteiger partial charge in [-0.05, 0) is 25.2 Å². The van der Waals surface area contributed by atoms with E-state index < -0.39 is 0 Å². The van der Waals surface area contributed by atoms with Gasteiger partial charge in [0.15, 0.2) is 0 Å². The quantitative estimate of drug-likeness (QED) is 0.763. The highest BCUT2D eigenvalue weighted by Crippen LogP contribution is 2.18. The molecule has 2 fully saturated rings. The van der Waals surface area contributed by atoms with Crippen molar-refractivity contribution in [3.8, 4) is 0 Å². The summed E-state index contributed by atoms with van der Waals surface area (Å²) in [7, 11) is 0. The topological polar surface area (TPSA) is 32.3 Å². The summed E-state index contributed by atoms with van der Waals surface area (Å²) >= 11 is 0. The Labute approximate surface area is 92.2 Å². The number of likely N-dealkylation sites (tertiary alicyclic amines) is 1. The van der Waals surface area contributed by atoms with Crippen LogP contribution in [0.5, 0.6) is 0 Å². The summed E-state index contributed by atoms with van der Waals surface area (Å²) in [6.45, 7) is 4.70. The Morgan fingerprint density at radius 1 is 1.33 bits per heavy atom. The Balaban J connectivity index is 1.67. The smallest absolute Gasteiger partial charge is 0.236 e. The highest BCUT2D eigenvalue weighted by molar-refractivity contribution is 5.78. The molecule has 86 valence electrons. The number of amides is 1. The molecule has 1 heterocycles. The Bertz CT molecular complexity index is 224. The lowest BCUT2D eigenvalue weighted by molar-refractivity contribution is -0.129. The van der Waals surface area contributed by atoms with Crippen molar-refractivity contribution < 1.29 is 4.79 Å². The fourth-order valence-electron chi connectivity index (χ4n) is 2.63. The monoisotopic (exact) mass is 210 g/mol. The van der Waals surface area contributed by atoms with Crippen LogP contribution in [-0.4, -0.2) is 36.5 Å². The highest BCUT2D eigenvalue weighted by atomic mass is 16.2. The lowest BCUT2D eigenvalue weighted by Crippen LogP contribution is -2.39. The number of rotatable bonds is 3. The van der Waals surface area contributed by atoms with Crippen LogP contribution in [0.1, 0.15) is 39.0 Å². The largest absolute Gasteiger partial charge is 0.341 e. The molecular weight excluding hydrogens is 188 g/mol. The van der Waals surface area contributed by atoms with Crippen molar-refractivity contribution in [2.24, 2.45) is 5.92 Å². The van der Waals surface area contributed by atoms with Gasteiger partial charge < -0.3 is 10.2 Å². The van der Waals surface area contributed by atoms with Crippen LogP contribution in [0.15, 0.2) is 0 Å². The van der Waals surface area contributed by atoms with Crippen molar-refractivity contribution in [1.82, 2.24) is 10.2 Å². The van der Waals surface area contributed by atoms with E-state index in [1.165, 1.54) is 32.1 Å². The number of carbonyl (C=O) groups is 1. The van der Waals surface area contributed by atoms with Gasteiger partial charge in [-0.2, -0.15) is 0 Å². The van der Waals surface area contributed by atoms with Gasteiger partial charge in [0, 0.05) is 19.1 Å². The number of nitrogens with zero attached hydrogens (tertiary/aromatic N) is 1. The zero-order valence-corrected chi connectivity index (χ0v) is 9.67. The summed E-state index contributed by atoms with van der Waals surface area (Å²) in [6.07, 6.45) is 6.34. The number of hydrogen-bond donors (Lipinski definition) is 1. The Morgan fingerprint density at radius 2 is 2.07 bits per heavy atom. The van der Waals surface area contributed by atoms with E-state index in [-0.39, 0.29) is 0 Å². The minimum atomic E-state index is 0.297. The molecule has 15 heavy (non-hydrogen) atoms. The lowest BCUT2D eigenvalue weighted by atomic mass is 10.2. The van der Waals surface area contributed by atoms with Gasteiger partial charge in [-0.25, -0.2) is 0 Å². The molecule has 0 aromatic heterocycles. The Hall–Kier alpha value is -0.570. The van der Waals surface area contributed by atoms with Crippen LogP contribution in [-0.2, 0) is 4.79 Å². The van der Waals surface area contributed by atoms with E-state index in [9.17, 15) is 4.79 Å². The van der Waals surface area contributed by atoms with E-state index in [2.05, 4.69) is 12.2 Å². The van der Waals surface area contributed by atoms with Crippen molar-refractivity contribution in [3.63, 3.8) is 0 Å². The molecule has 1 N–H and O–H groups in total. The van der Waals surface area contributed by atoms with E-state index in [1.807, 2.05) is 4.90 Å². The molecule has 1 unspecified atom stereocenters. The molecule has 3 heteroatoms. The van der Waals surface area contributed by atoms with Crippen molar-refractivity contribution in [3.05, 3.63) is 0 Å². The van der Waals surface area contributed by atoms with Gasteiger partial charge in [-0.3, -0.25) is 4.79 Å². The second-order valence-electron chi connectivity index (χ2n) is 5.10. The second kappa shape index (κ2) is 4.97. The number of carbonyl (C=O) groups excluding carboxylic acids is 1. The van der Waals surface area contributed by atoms with Gasteiger partial charge in [0.2, 0.25) is 5.91 Å². The minimum Gasteiger partial charge on any atom is -0.341 e. The van der Waals surface area contributed by atoms with Gasteiger partial charge in [-0.15, -0.1) is 0 Å². The zero-order valence-electron chi connectivity index (χ0n) is 9.67. The summed E-state index contributed by atoms with van der Waals surface area (Å²) < 4.78 is 0. The highest BCUT2D eigenvalue weighted by Gasteiger charge is 2.23. The third kappa shape index (κ3) is 2.94. The lowest BCUT2D eigenvalue weighted by Gasteiger charge is -2.18. The molecule has 0 aromatic rings. The molecule has 1 atom stereocenters. The van der Waals surface area contributed by atoms with Crippen molar-refractivity contribution in [1.29, 1.82) is 0 Å². The summed E-state index contributed by atoms with van der Waals surface area (Å²) in [5.74, 6) is 0.992. The predicted octanol–water partition coefficient (Wildman–Crippen LogP) is 1.39. The van der Waals surface area contributed by atoms with Crippen LogP contribution in [0.2, 0.25) is 0 Å². The Kier molecular flexibility index (Phi) is 3.62. The molecular formula is C12H22N2O. The summed E-state index contributed by atoms with van der Waals surface area (Å²) in [4.78, 5) is 13.8. The second-order valence-corrected chi connectivity index (χ2v) is 5.10. The molecule has 0 aromatic carbocycles. The first kappa shape index (κ1) is 10.9. The average molecular weight is 210 g/mol. The van der Waals surface area contributed by atoms with Gasteiger partial charge in [0.25, 0.3) is 0 Å². The fraction of sp³-hybridized carbons (Fsp3) is 0.917. The first-order valence-electron chi connectivity index (χ1n) is 6.27. The first-order chi connectivity index (χ1) is 7.25. The molecule has 1 saturated carbocycles. The van der Waals surface area contributed by atoms with Crippen molar-refractivity contribution in [2.75, 3.05) is 19.6 Å². The molecule has 1 saturated heterocycles. The Morgan fingerprint density at radius 3 is 2.67 bits per heavy atom. The third-order valence-electron chi connectivity index (χ3n) is 3.67. The standard InChI is InChI=1S/C12H22N2O/c1-10-6-7-14(9-10)12(15)8-13-11-4-2-3-5-11/h10-11,13H,2-9H2,1H3. The molecule has 0 spiro atoms. The van der Waals surface area contributed by atoms with E-state index >= 15 is 0 Å². The van der Waals surface area contributed by atoms with Crippen molar-refractivity contribution >= 4 is 5.91 Å². The number of hydrogen-bond acceptors (Lipinski definition) is 2. The number of nitrogens with one attached hydrogen (secondary N) is 1. The maximum atomic E-state index is 11.8.